The van der Waals surface area contributed by atoms with Gasteiger partial charge in [-0.3, -0.25) is 9.59 Å². The number of ether oxygens (including phenoxy) is 1. The second kappa shape index (κ2) is 9.88. The third kappa shape index (κ3) is 5.35. The van der Waals surface area contributed by atoms with Gasteiger partial charge in [-0.2, -0.15) is 0 Å². The summed E-state index contributed by atoms with van der Waals surface area (Å²) < 4.78 is 5.23. The van der Waals surface area contributed by atoms with Gasteiger partial charge >= 0.3 is 0 Å². The molecule has 1 amide bonds. The minimum Gasteiger partial charge on any atom is -0.497 e. The average molecular weight is 402 g/mol. The molecule has 1 N–H and O–H groups in total. The van der Waals surface area contributed by atoms with E-state index < -0.39 is 0 Å². The van der Waals surface area contributed by atoms with Crippen molar-refractivity contribution >= 4 is 11.7 Å². The molecule has 154 valence electrons. The van der Waals surface area contributed by atoms with Gasteiger partial charge in [0.2, 0.25) is 5.91 Å². The minimum atomic E-state index is -0.290. The molecule has 30 heavy (non-hydrogen) atoms. The lowest BCUT2D eigenvalue weighted by molar-refractivity contribution is -0.121. The van der Waals surface area contributed by atoms with E-state index in [2.05, 4.69) is 5.32 Å². The number of carbonyl (C=O) groups is 2. The van der Waals surface area contributed by atoms with Crippen molar-refractivity contribution < 1.29 is 14.3 Å². The maximum atomic E-state index is 12.7. The van der Waals surface area contributed by atoms with Gasteiger partial charge in [0, 0.05) is 18.4 Å². The highest BCUT2D eigenvalue weighted by Gasteiger charge is 2.18. The Kier molecular flexibility index (Phi) is 7.02. The molecule has 0 aliphatic carbocycles. The number of rotatable bonds is 8. The molecule has 3 aromatic carbocycles. The molecule has 0 heterocycles. The van der Waals surface area contributed by atoms with E-state index >= 15 is 0 Å². The van der Waals surface area contributed by atoms with E-state index in [1.807, 2.05) is 86.6 Å². The lowest BCUT2D eigenvalue weighted by Crippen LogP contribution is -2.29. The first kappa shape index (κ1) is 21.3. The van der Waals surface area contributed by atoms with Crippen LogP contribution in [0.25, 0.3) is 0 Å². The lowest BCUT2D eigenvalue weighted by Gasteiger charge is -2.20. The van der Waals surface area contributed by atoms with Crippen molar-refractivity contribution in [3.63, 3.8) is 0 Å². The molecule has 4 heteroatoms. The third-order valence-corrected chi connectivity index (χ3v) is 5.30. The highest BCUT2D eigenvalue weighted by atomic mass is 16.5. The average Bonchev–Trinajstić information content (AvgIpc) is 2.78. The van der Waals surface area contributed by atoms with Crippen molar-refractivity contribution in [1.82, 2.24) is 5.32 Å². The molecule has 4 nitrogen and oxygen atoms in total. The summed E-state index contributed by atoms with van der Waals surface area (Å²) in [5.74, 6) is 0.585. The topological polar surface area (TPSA) is 55.4 Å². The molecular formula is C26H27NO3. The van der Waals surface area contributed by atoms with Crippen LogP contribution in [-0.2, 0) is 4.79 Å². The molecule has 1 unspecified atom stereocenters. The molecule has 0 aromatic heterocycles. The predicted molar refractivity (Wildman–Crippen MR) is 119 cm³/mol. The van der Waals surface area contributed by atoms with Crippen LogP contribution in [0.4, 0.5) is 0 Å². The normalized spacial score (nSPS) is 11.6. The standard InChI is InChI=1S/C26H27NO3/c1-18-9-10-22(17-19(18)2)24(28)15-16-25(29)27-26(20-7-5-4-6-8-20)21-11-13-23(30-3)14-12-21/h4-14,17,26H,15-16H2,1-3H3,(H,27,29). The van der Waals surface area contributed by atoms with Gasteiger partial charge < -0.3 is 10.1 Å². The molecule has 0 spiro atoms. The number of nitrogens with one attached hydrogen (secondary N) is 1. The quantitative estimate of drug-likeness (QED) is 0.529. The molecule has 0 fully saturated rings. The number of ketones is 1. The summed E-state index contributed by atoms with van der Waals surface area (Å²) in [6.45, 7) is 4.00. The Balaban J connectivity index is 1.70. The van der Waals surface area contributed by atoms with Crippen LogP contribution in [0.2, 0.25) is 0 Å². The van der Waals surface area contributed by atoms with Crippen molar-refractivity contribution in [2.75, 3.05) is 7.11 Å². The van der Waals surface area contributed by atoms with Crippen molar-refractivity contribution in [2.45, 2.75) is 32.7 Å². The fraction of sp³-hybridized carbons (Fsp3) is 0.231. The second-order valence-corrected chi connectivity index (χ2v) is 7.41. The van der Waals surface area contributed by atoms with Gasteiger partial charge in [0.1, 0.15) is 5.75 Å². The van der Waals surface area contributed by atoms with E-state index in [9.17, 15) is 9.59 Å². The van der Waals surface area contributed by atoms with Crippen molar-refractivity contribution in [1.29, 1.82) is 0 Å². The number of amides is 1. The molecule has 0 aliphatic heterocycles. The van der Waals surface area contributed by atoms with E-state index in [-0.39, 0.29) is 30.6 Å². The number of benzene rings is 3. The zero-order valence-electron chi connectivity index (χ0n) is 17.6. The number of Topliss-reactive ketones (excluding diaryl/α,β-unsaturated/α-hetero) is 1. The lowest BCUT2D eigenvalue weighted by atomic mass is 9.98. The number of carbonyl (C=O) groups excluding carboxylic acids is 2. The maximum absolute atomic E-state index is 12.7. The Morgan fingerprint density at radius 2 is 1.50 bits per heavy atom. The summed E-state index contributed by atoms with van der Waals surface area (Å²) in [5, 5.41) is 3.08. The van der Waals surface area contributed by atoms with E-state index in [0.717, 1.165) is 28.0 Å². The minimum absolute atomic E-state index is 0.0195. The number of methoxy groups -OCH3 is 1. The van der Waals surface area contributed by atoms with Gasteiger partial charge in [-0.1, -0.05) is 54.6 Å². The van der Waals surface area contributed by atoms with Crippen LogP contribution in [0.15, 0.2) is 72.8 Å². The van der Waals surface area contributed by atoms with Crippen molar-refractivity contribution in [2.24, 2.45) is 0 Å². The SMILES string of the molecule is COc1ccc(C(NC(=O)CCC(=O)c2ccc(C)c(C)c2)c2ccccc2)cc1. The van der Waals surface area contributed by atoms with Crippen LogP contribution in [-0.4, -0.2) is 18.8 Å². The van der Waals surface area contributed by atoms with Gasteiger partial charge in [-0.15, -0.1) is 0 Å². The summed E-state index contributed by atoms with van der Waals surface area (Å²) in [4.78, 5) is 25.2. The maximum Gasteiger partial charge on any atom is 0.221 e. The predicted octanol–water partition coefficient (Wildman–Crippen LogP) is 5.18. The Labute approximate surface area is 177 Å². The molecule has 3 rings (SSSR count). The zero-order valence-corrected chi connectivity index (χ0v) is 17.6. The van der Waals surface area contributed by atoms with Crippen molar-refractivity contribution in [3.05, 3.63) is 101 Å². The number of aryl methyl sites for hydroxylation is 2. The molecule has 0 radical (unpaired) electrons. The Morgan fingerprint density at radius 1 is 0.833 bits per heavy atom. The van der Waals surface area contributed by atoms with Crippen LogP contribution in [0, 0.1) is 13.8 Å². The Morgan fingerprint density at radius 3 is 2.13 bits per heavy atom. The van der Waals surface area contributed by atoms with Gasteiger partial charge in [0.05, 0.1) is 13.2 Å². The molecule has 3 aromatic rings. The third-order valence-electron chi connectivity index (χ3n) is 5.30. The highest BCUT2D eigenvalue weighted by molar-refractivity contribution is 5.98. The molecule has 0 saturated heterocycles. The summed E-state index contributed by atoms with van der Waals surface area (Å²) in [6, 6.07) is 22.8. The smallest absolute Gasteiger partial charge is 0.221 e. The van der Waals surface area contributed by atoms with E-state index in [4.69, 9.17) is 4.74 Å². The molecule has 0 bridgehead atoms. The molecule has 1 atom stereocenters. The van der Waals surface area contributed by atoms with Crippen LogP contribution in [0.3, 0.4) is 0 Å². The fourth-order valence-electron chi connectivity index (χ4n) is 3.32. The highest BCUT2D eigenvalue weighted by Crippen LogP contribution is 2.24. The van der Waals surface area contributed by atoms with Crippen LogP contribution >= 0.6 is 0 Å². The Bertz CT molecular complexity index is 1010. The summed E-state index contributed by atoms with van der Waals surface area (Å²) in [7, 11) is 1.62. The van der Waals surface area contributed by atoms with E-state index in [0.29, 0.717) is 5.56 Å². The first-order valence-corrected chi connectivity index (χ1v) is 10.1. The first-order chi connectivity index (χ1) is 14.5. The second-order valence-electron chi connectivity index (χ2n) is 7.41. The van der Waals surface area contributed by atoms with Gasteiger partial charge in [0.25, 0.3) is 0 Å². The summed E-state index contributed by atoms with van der Waals surface area (Å²) in [5.41, 5.74) is 4.82. The van der Waals surface area contributed by atoms with Crippen molar-refractivity contribution in [3.8, 4) is 5.75 Å². The fourth-order valence-corrected chi connectivity index (χ4v) is 3.32. The van der Waals surface area contributed by atoms with E-state index in [1.165, 1.54) is 0 Å². The number of hydrogen-bond acceptors (Lipinski definition) is 3. The first-order valence-electron chi connectivity index (χ1n) is 10.1. The van der Waals surface area contributed by atoms with Crippen LogP contribution < -0.4 is 10.1 Å². The van der Waals surface area contributed by atoms with Crippen LogP contribution in [0.5, 0.6) is 5.75 Å². The molecule has 0 aliphatic rings. The van der Waals surface area contributed by atoms with Gasteiger partial charge in [-0.05, 0) is 54.3 Å². The molecule has 0 saturated carbocycles. The molecular weight excluding hydrogens is 374 g/mol. The largest absolute Gasteiger partial charge is 0.497 e. The summed E-state index contributed by atoms with van der Waals surface area (Å²) >= 11 is 0. The Hall–Kier alpha value is -3.40. The monoisotopic (exact) mass is 401 g/mol. The zero-order chi connectivity index (χ0) is 21.5. The summed E-state index contributed by atoms with van der Waals surface area (Å²) in [6.07, 6.45) is 0.323. The van der Waals surface area contributed by atoms with E-state index in [1.54, 1.807) is 7.11 Å². The number of hydrogen-bond donors (Lipinski definition) is 1. The van der Waals surface area contributed by atoms with Gasteiger partial charge in [-0.25, -0.2) is 0 Å². The van der Waals surface area contributed by atoms with Crippen LogP contribution in [0.1, 0.15) is 51.5 Å². The van der Waals surface area contributed by atoms with Gasteiger partial charge in [0.15, 0.2) is 5.78 Å².